The molecule has 0 radical (unpaired) electrons. The molecule has 2 rings (SSSR count). The highest BCUT2D eigenvalue weighted by molar-refractivity contribution is 6.27. The number of carbonyl (C=O) groups is 2. The van der Waals surface area contributed by atoms with Gasteiger partial charge in [-0.1, -0.05) is 0 Å². The quantitative estimate of drug-likeness (QED) is 0.688. The minimum absolute atomic E-state index is 0.0445. The fourth-order valence-electron chi connectivity index (χ4n) is 1.84. The first-order chi connectivity index (χ1) is 7.37. The summed E-state index contributed by atoms with van der Waals surface area (Å²) >= 11 is 0. The van der Waals surface area contributed by atoms with Crippen LogP contribution in [0.2, 0.25) is 0 Å². The van der Waals surface area contributed by atoms with Crippen LogP contribution in [0.25, 0.3) is 0 Å². The van der Waals surface area contributed by atoms with Crippen LogP contribution >= 0.6 is 0 Å². The first kappa shape index (κ1) is 10.5. The van der Waals surface area contributed by atoms with Gasteiger partial charge in [-0.15, -0.1) is 0 Å². The van der Waals surface area contributed by atoms with Crippen LogP contribution in [0, 0.1) is 0 Å². The molecule has 0 saturated carbocycles. The maximum atomic E-state index is 11.9. The van der Waals surface area contributed by atoms with E-state index in [0.717, 1.165) is 4.57 Å². The zero-order valence-electron chi connectivity index (χ0n) is 9.16. The van der Waals surface area contributed by atoms with E-state index < -0.39 is 17.4 Å². The number of fused-ring (bicyclic) bond motifs is 1. The van der Waals surface area contributed by atoms with Crippen molar-refractivity contribution in [3.05, 3.63) is 22.4 Å². The van der Waals surface area contributed by atoms with Crippen molar-refractivity contribution in [2.24, 2.45) is 7.05 Å². The topological polar surface area (TPSA) is 79.5 Å². The first-order valence-corrected chi connectivity index (χ1v) is 4.75. The van der Waals surface area contributed by atoms with Gasteiger partial charge in [-0.05, 0) is 13.8 Å². The number of carbonyl (C=O) groups excluding carboxylic acids is 2. The Morgan fingerprint density at radius 2 is 1.50 bits per heavy atom. The molecule has 0 atom stereocenters. The van der Waals surface area contributed by atoms with Crippen molar-refractivity contribution in [1.29, 1.82) is 0 Å². The number of ketones is 2. The maximum absolute atomic E-state index is 11.9. The molecule has 0 aliphatic heterocycles. The van der Waals surface area contributed by atoms with Gasteiger partial charge in [0.2, 0.25) is 11.7 Å². The molecule has 0 bridgehead atoms. The molecule has 84 valence electrons. The summed E-state index contributed by atoms with van der Waals surface area (Å²) in [5.74, 6) is -1.75. The van der Waals surface area contributed by atoms with Crippen molar-refractivity contribution in [2.45, 2.75) is 13.8 Å². The van der Waals surface area contributed by atoms with Crippen molar-refractivity contribution >= 4 is 11.6 Å². The smallest absolute Gasteiger partial charge is 0.235 e. The number of hydrogen-bond donors (Lipinski definition) is 2. The lowest BCUT2D eigenvalue weighted by molar-refractivity contribution is 0.0968. The van der Waals surface area contributed by atoms with Gasteiger partial charge in [0.25, 0.3) is 0 Å². The Bertz CT molecular complexity index is 516. The van der Waals surface area contributed by atoms with Gasteiger partial charge in [0.1, 0.15) is 5.69 Å². The molecule has 1 aromatic rings. The van der Waals surface area contributed by atoms with Crippen LogP contribution in [0.5, 0.6) is 11.6 Å². The van der Waals surface area contributed by atoms with Crippen molar-refractivity contribution in [2.75, 3.05) is 0 Å². The Labute approximate surface area is 91.6 Å². The number of nitrogens with zero attached hydrogens (tertiary/aromatic N) is 1. The van der Waals surface area contributed by atoms with Gasteiger partial charge in [0.15, 0.2) is 11.5 Å². The molecular formula is C11H11NO4. The van der Waals surface area contributed by atoms with Gasteiger partial charge in [0, 0.05) is 18.2 Å². The Kier molecular flexibility index (Phi) is 1.95. The summed E-state index contributed by atoms with van der Waals surface area (Å²) in [5, 5.41) is 19.1. The Morgan fingerprint density at radius 3 is 2.06 bits per heavy atom. The lowest BCUT2D eigenvalue weighted by atomic mass is 9.89. The minimum Gasteiger partial charge on any atom is -0.503 e. The van der Waals surface area contributed by atoms with Crippen molar-refractivity contribution < 1.29 is 19.8 Å². The number of rotatable bonds is 0. The van der Waals surface area contributed by atoms with E-state index in [1.807, 2.05) is 0 Å². The molecule has 0 spiro atoms. The van der Waals surface area contributed by atoms with Crippen LogP contribution in [-0.4, -0.2) is 26.3 Å². The predicted molar refractivity (Wildman–Crippen MR) is 55.8 cm³/mol. The predicted octanol–water partition coefficient (Wildman–Crippen LogP) is 1.15. The van der Waals surface area contributed by atoms with Gasteiger partial charge >= 0.3 is 0 Å². The second-order valence-electron chi connectivity index (χ2n) is 3.86. The highest BCUT2D eigenvalue weighted by Crippen LogP contribution is 2.39. The van der Waals surface area contributed by atoms with E-state index in [0.29, 0.717) is 11.1 Å². The van der Waals surface area contributed by atoms with Gasteiger partial charge in [0.05, 0.1) is 5.56 Å². The molecule has 16 heavy (non-hydrogen) atoms. The van der Waals surface area contributed by atoms with E-state index in [2.05, 4.69) is 0 Å². The summed E-state index contributed by atoms with van der Waals surface area (Å²) in [7, 11) is 1.42. The summed E-state index contributed by atoms with van der Waals surface area (Å²) in [6.07, 6.45) is 0. The third-order valence-electron chi connectivity index (χ3n) is 3.02. The van der Waals surface area contributed by atoms with Crippen LogP contribution in [0.3, 0.4) is 0 Å². The number of hydrogen-bond acceptors (Lipinski definition) is 4. The zero-order valence-corrected chi connectivity index (χ0v) is 9.16. The molecule has 5 nitrogen and oxygen atoms in total. The fraction of sp³-hybridized carbons (Fsp3) is 0.273. The zero-order chi connectivity index (χ0) is 12.2. The second kappa shape index (κ2) is 2.98. The third kappa shape index (κ3) is 0.997. The van der Waals surface area contributed by atoms with Gasteiger partial charge in [-0.2, -0.15) is 0 Å². The van der Waals surface area contributed by atoms with E-state index in [1.165, 1.54) is 14.0 Å². The number of aromatic nitrogens is 1. The summed E-state index contributed by atoms with van der Waals surface area (Å²) < 4.78 is 1.13. The van der Waals surface area contributed by atoms with Crippen molar-refractivity contribution in [1.82, 2.24) is 4.57 Å². The van der Waals surface area contributed by atoms with E-state index in [9.17, 15) is 19.8 Å². The molecule has 0 amide bonds. The molecular weight excluding hydrogens is 210 g/mol. The molecule has 0 aromatic carbocycles. The average molecular weight is 221 g/mol. The summed E-state index contributed by atoms with van der Waals surface area (Å²) in [5.41, 5.74) is 0.590. The number of Topliss-reactive ketones (excluding diaryl/α,β-unsaturated/α-hetero) is 2. The van der Waals surface area contributed by atoms with Crippen LogP contribution in [-0.2, 0) is 7.05 Å². The lowest BCUT2D eigenvalue weighted by Gasteiger charge is -2.14. The van der Waals surface area contributed by atoms with Crippen molar-refractivity contribution in [3.8, 4) is 11.6 Å². The Balaban J connectivity index is 2.86. The van der Waals surface area contributed by atoms with Crippen LogP contribution in [0.4, 0.5) is 0 Å². The Morgan fingerprint density at radius 1 is 1.00 bits per heavy atom. The van der Waals surface area contributed by atoms with Crippen LogP contribution in [0.15, 0.2) is 11.1 Å². The second-order valence-corrected chi connectivity index (χ2v) is 3.86. The molecule has 0 unspecified atom stereocenters. The SMILES string of the molecule is CC1=C(C)C(=O)c2c(c(O)c(O)n2C)C1=O. The van der Waals surface area contributed by atoms with E-state index in [-0.39, 0.29) is 17.0 Å². The van der Waals surface area contributed by atoms with Gasteiger partial charge in [-0.3, -0.25) is 9.59 Å². The molecule has 1 aromatic heterocycles. The lowest BCUT2D eigenvalue weighted by Crippen LogP contribution is -2.20. The van der Waals surface area contributed by atoms with E-state index in [1.54, 1.807) is 6.92 Å². The summed E-state index contributed by atoms with van der Waals surface area (Å²) in [6.45, 7) is 3.08. The Hall–Kier alpha value is -2.04. The normalized spacial score (nSPS) is 15.7. The largest absolute Gasteiger partial charge is 0.503 e. The maximum Gasteiger partial charge on any atom is 0.235 e. The van der Waals surface area contributed by atoms with Crippen molar-refractivity contribution in [3.63, 3.8) is 0 Å². The average Bonchev–Trinajstić information content (AvgIpc) is 2.48. The van der Waals surface area contributed by atoms with Gasteiger partial charge in [-0.25, -0.2) is 0 Å². The van der Waals surface area contributed by atoms with E-state index in [4.69, 9.17) is 0 Å². The van der Waals surface area contributed by atoms with Gasteiger partial charge < -0.3 is 14.8 Å². The highest BCUT2D eigenvalue weighted by atomic mass is 16.3. The van der Waals surface area contributed by atoms with Crippen LogP contribution in [0.1, 0.15) is 34.7 Å². The molecule has 5 heteroatoms. The minimum atomic E-state index is -0.525. The highest BCUT2D eigenvalue weighted by Gasteiger charge is 2.35. The molecule has 0 fully saturated rings. The third-order valence-corrected chi connectivity index (χ3v) is 3.02. The fourth-order valence-corrected chi connectivity index (χ4v) is 1.84. The van der Waals surface area contributed by atoms with Crippen LogP contribution < -0.4 is 0 Å². The summed E-state index contributed by atoms with van der Waals surface area (Å²) in [6, 6.07) is 0. The molecule has 1 aliphatic carbocycles. The first-order valence-electron chi connectivity index (χ1n) is 4.75. The monoisotopic (exact) mass is 221 g/mol. The van der Waals surface area contributed by atoms with E-state index >= 15 is 0 Å². The molecule has 2 N–H and O–H groups in total. The summed E-state index contributed by atoms with van der Waals surface area (Å²) in [4.78, 5) is 23.8. The number of allylic oxidation sites excluding steroid dienone is 2. The molecule has 0 saturated heterocycles. The molecule has 1 heterocycles. The number of aromatic hydroxyl groups is 2. The molecule has 1 aliphatic rings. The standard InChI is InChI=1S/C11H11NO4/c1-4-5(2)9(14)7-6(8(4)13)10(15)11(16)12(7)3/h15-16H,1-3H3.